The zero-order valence-electron chi connectivity index (χ0n) is 9.47. The Hall–Kier alpha value is -1.77. The third-order valence-electron chi connectivity index (χ3n) is 2.98. The molecule has 8 nitrogen and oxygen atoms in total. The molecule has 2 aromatic rings. The highest BCUT2D eigenvalue weighted by molar-refractivity contribution is 5.73. The first-order valence-electron chi connectivity index (χ1n) is 5.59. The molecule has 0 aromatic carbocycles. The van der Waals surface area contributed by atoms with Gasteiger partial charge in [0.1, 0.15) is 6.10 Å². The number of aliphatic hydroxyl groups is 2. The number of hydrogen-bond acceptors (Lipinski definition) is 7. The maximum absolute atomic E-state index is 9.67. The summed E-state index contributed by atoms with van der Waals surface area (Å²) in [5, 5.41) is 23.7. The van der Waals surface area contributed by atoms with Crippen LogP contribution in [-0.2, 0) is 4.74 Å². The summed E-state index contributed by atoms with van der Waals surface area (Å²) in [4.78, 5) is 7.87. The minimum Gasteiger partial charge on any atom is -0.394 e. The van der Waals surface area contributed by atoms with Crippen LogP contribution in [0.2, 0.25) is 0 Å². The van der Waals surface area contributed by atoms with E-state index in [1.807, 2.05) is 0 Å². The monoisotopic (exact) mass is 251 g/mol. The normalized spacial score (nSPS) is 28.0. The molecule has 1 fully saturated rings. The molecule has 3 heterocycles. The van der Waals surface area contributed by atoms with Gasteiger partial charge in [-0.25, -0.2) is 9.67 Å². The summed E-state index contributed by atoms with van der Waals surface area (Å²) in [6, 6.07) is 0. The third-order valence-corrected chi connectivity index (χ3v) is 2.98. The topological polar surface area (TPSA) is 119 Å². The van der Waals surface area contributed by atoms with Gasteiger partial charge < -0.3 is 20.7 Å². The van der Waals surface area contributed by atoms with Crippen LogP contribution in [0.5, 0.6) is 0 Å². The van der Waals surface area contributed by atoms with Gasteiger partial charge in [0.15, 0.2) is 11.9 Å². The van der Waals surface area contributed by atoms with Crippen molar-refractivity contribution in [2.24, 2.45) is 0 Å². The number of rotatable bonds is 2. The standard InChI is InChI=1S/C10H13N5O3/c11-10-12-2-5-3-15(14-9(5)13-10)8-1-6(17)7(4-16)18-8/h2-3,6-8,16-17H,1,4H2,(H2,11,13,14)/t6-,7+,8+/m0/s1. The largest absolute Gasteiger partial charge is 0.394 e. The van der Waals surface area contributed by atoms with E-state index in [9.17, 15) is 5.11 Å². The Morgan fingerprint density at radius 1 is 1.56 bits per heavy atom. The fraction of sp³-hybridized carbons (Fsp3) is 0.500. The second-order valence-electron chi connectivity index (χ2n) is 4.23. The molecular formula is C10H13N5O3. The lowest BCUT2D eigenvalue weighted by molar-refractivity contribution is -0.0482. The van der Waals surface area contributed by atoms with E-state index in [0.29, 0.717) is 12.1 Å². The lowest BCUT2D eigenvalue weighted by atomic mass is 10.2. The maximum Gasteiger partial charge on any atom is 0.222 e. The quantitative estimate of drug-likeness (QED) is 0.629. The molecule has 8 heteroatoms. The molecule has 0 bridgehead atoms. The van der Waals surface area contributed by atoms with E-state index in [0.717, 1.165) is 5.39 Å². The van der Waals surface area contributed by atoms with E-state index < -0.39 is 18.4 Å². The summed E-state index contributed by atoms with van der Waals surface area (Å²) in [7, 11) is 0. The maximum atomic E-state index is 9.67. The van der Waals surface area contributed by atoms with Gasteiger partial charge in [-0.15, -0.1) is 5.10 Å². The van der Waals surface area contributed by atoms with Crippen molar-refractivity contribution in [2.45, 2.75) is 24.9 Å². The Bertz CT molecular complexity index is 572. The van der Waals surface area contributed by atoms with Crippen LogP contribution in [0, 0.1) is 0 Å². The number of ether oxygens (including phenoxy) is 1. The second-order valence-corrected chi connectivity index (χ2v) is 4.23. The molecule has 2 aromatic heterocycles. The van der Waals surface area contributed by atoms with Crippen molar-refractivity contribution in [3.8, 4) is 0 Å². The van der Waals surface area contributed by atoms with Gasteiger partial charge in [-0.1, -0.05) is 0 Å². The number of nitrogens with zero attached hydrogens (tertiary/aromatic N) is 4. The number of aromatic nitrogens is 4. The van der Waals surface area contributed by atoms with Gasteiger partial charge in [0.25, 0.3) is 0 Å². The average Bonchev–Trinajstić information content (AvgIpc) is 2.91. The van der Waals surface area contributed by atoms with Crippen LogP contribution in [0.15, 0.2) is 12.4 Å². The lowest BCUT2D eigenvalue weighted by Gasteiger charge is -2.11. The van der Waals surface area contributed by atoms with Crippen LogP contribution in [0.3, 0.4) is 0 Å². The molecule has 3 atom stereocenters. The van der Waals surface area contributed by atoms with Gasteiger partial charge in [-0.3, -0.25) is 0 Å². The predicted molar refractivity (Wildman–Crippen MR) is 61.4 cm³/mol. The number of fused-ring (bicyclic) bond motifs is 1. The molecule has 1 saturated heterocycles. The van der Waals surface area contributed by atoms with Crippen molar-refractivity contribution in [2.75, 3.05) is 12.3 Å². The SMILES string of the molecule is Nc1ncc2cn([C@H]3C[C@H](O)[C@@H](CO)O3)nc2n1. The van der Waals surface area contributed by atoms with Gasteiger partial charge in [0.2, 0.25) is 5.95 Å². The zero-order chi connectivity index (χ0) is 12.7. The molecule has 18 heavy (non-hydrogen) atoms. The first kappa shape index (κ1) is 11.3. The highest BCUT2D eigenvalue weighted by Gasteiger charge is 2.34. The first-order chi connectivity index (χ1) is 8.67. The van der Waals surface area contributed by atoms with Crippen LogP contribution in [0.4, 0.5) is 5.95 Å². The van der Waals surface area contributed by atoms with Gasteiger partial charge in [0.05, 0.1) is 18.1 Å². The smallest absolute Gasteiger partial charge is 0.222 e. The summed E-state index contributed by atoms with van der Waals surface area (Å²) in [5.41, 5.74) is 5.96. The third kappa shape index (κ3) is 1.80. The lowest BCUT2D eigenvalue weighted by Crippen LogP contribution is -2.24. The molecule has 1 aliphatic rings. The van der Waals surface area contributed by atoms with E-state index in [1.165, 1.54) is 0 Å². The van der Waals surface area contributed by atoms with Crippen molar-refractivity contribution in [3.05, 3.63) is 12.4 Å². The van der Waals surface area contributed by atoms with Crippen LogP contribution in [0.25, 0.3) is 11.0 Å². The van der Waals surface area contributed by atoms with E-state index >= 15 is 0 Å². The van der Waals surface area contributed by atoms with Crippen molar-refractivity contribution < 1.29 is 14.9 Å². The summed E-state index contributed by atoms with van der Waals surface area (Å²) >= 11 is 0. The minimum absolute atomic E-state index is 0.161. The summed E-state index contributed by atoms with van der Waals surface area (Å²) in [6.45, 7) is -0.217. The van der Waals surface area contributed by atoms with Crippen molar-refractivity contribution in [1.82, 2.24) is 19.7 Å². The minimum atomic E-state index is -0.691. The summed E-state index contributed by atoms with van der Waals surface area (Å²) in [5.74, 6) is 0.161. The zero-order valence-corrected chi connectivity index (χ0v) is 9.47. The fourth-order valence-corrected chi connectivity index (χ4v) is 2.04. The van der Waals surface area contributed by atoms with Gasteiger partial charge in [-0.2, -0.15) is 4.98 Å². The molecule has 1 aliphatic heterocycles. The fourth-order valence-electron chi connectivity index (χ4n) is 2.04. The molecule has 0 saturated carbocycles. The van der Waals surface area contributed by atoms with Crippen molar-refractivity contribution in [1.29, 1.82) is 0 Å². The van der Waals surface area contributed by atoms with E-state index in [-0.39, 0.29) is 12.6 Å². The molecule has 0 radical (unpaired) electrons. The number of nitrogens with two attached hydrogens (primary N) is 1. The average molecular weight is 251 g/mol. The van der Waals surface area contributed by atoms with Crippen molar-refractivity contribution in [3.63, 3.8) is 0 Å². The molecule has 3 rings (SSSR count). The molecule has 96 valence electrons. The summed E-state index contributed by atoms with van der Waals surface area (Å²) < 4.78 is 7.06. The Morgan fingerprint density at radius 3 is 3.11 bits per heavy atom. The number of aliphatic hydroxyl groups excluding tert-OH is 2. The Kier molecular flexibility index (Phi) is 2.62. The Labute approximate surface area is 102 Å². The highest BCUT2D eigenvalue weighted by atomic mass is 16.5. The van der Waals surface area contributed by atoms with Gasteiger partial charge in [-0.05, 0) is 0 Å². The molecule has 0 spiro atoms. The molecule has 0 aliphatic carbocycles. The van der Waals surface area contributed by atoms with Crippen LogP contribution >= 0.6 is 0 Å². The number of nitrogen functional groups attached to an aromatic ring is 1. The second kappa shape index (κ2) is 4.16. The Balaban J connectivity index is 1.91. The van der Waals surface area contributed by atoms with Crippen LogP contribution in [0.1, 0.15) is 12.6 Å². The number of hydrogen-bond donors (Lipinski definition) is 3. The molecule has 4 N–H and O–H groups in total. The Morgan fingerprint density at radius 2 is 2.39 bits per heavy atom. The molecular weight excluding hydrogens is 238 g/mol. The van der Waals surface area contributed by atoms with Gasteiger partial charge in [0, 0.05) is 18.8 Å². The van der Waals surface area contributed by atoms with Gasteiger partial charge >= 0.3 is 0 Å². The van der Waals surface area contributed by atoms with E-state index in [1.54, 1.807) is 17.1 Å². The number of anilines is 1. The van der Waals surface area contributed by atoms with Crippen LogP contribution in [-0.4, -0.2) is 48.8 Å². The molecule has 0 amide bonds. The first-order valence-corrected chi connectivity index (χ1v) is 5.59. The highest BCUT2D eigenvalue weighted by Crippen LogP contribution is 2.28. The van der Waals surface area contributed by atoms with E-state index in [2.05, 4.69) is 15.1 Å². The van der Waals surface area contributed by atoms with Crippen molar-refractivity contribution >= 4 is 17.0 Å². The summed E-state index contributed by atoms with van der Waals surface area (Å²) in [6.07, 6.45) is 2.01. The van der Waals surface area contributed by atoms with E-state index in [4.69, 9.17) is 15.6 Å². The predicted octanol–water partition coefficient (Wildman–Crippen LogP) is -0.951. The molecule has 0 unspecified atom stereocenters. The van der Waals surface area contributed by atoms with Crippen LogP contribution < -0.4 is 5.73 Å².